The lowest BCUT2D eigenvalue weighted by Gasteiger charge is -2.55. The van der Waals surface area contributed by atoms with E-state index in [0.717, 1.165) is 32.1 Å². The summed E-state index contributed by atoms with van der Waals surface area (Å²) in [5, 5.41) is 30.3. The van der Waals surface area contributed by atoms with Gasteiger partial charge in [-0.1, -0.05) is 37.6 Å². The fourth-order valence-corrected chi connectivity index (χ4v) is 6.11. The number of allylic oxidation sites excluding steroid dienone is 3. The number of hydrogen-bond donors (Lipinski definition) is 3. The summed E-state index contributed by atoms with van der Waals surface area (Å²) in [6.07, 6.45) is 6.60. The van der Waals surface area contributed by atoms with Gasteiger partial charge in [-0.3, -0.25) is 4.79 Å². The van der Waals surface area contributed by atoms with Crippen molar-refractivity contribution in [2.24, 2.45) is 23.2 Å². The number of ether oxygens (including phenoxy) is 3. The predicted octanol–water partition coefficient (Wildman–Crippen LogP) is 3.51. The van der Waals surface area contributed by atoms with Gasteiger partial charge in [-0.25, -0.2) is 0 Å². The van der Waals surface area contributed by atoms with Gasteiger partial charge in [0.05, 0.1) is 18.3 Å². The van der Waals surface area contributed by atoms with Crippen molar-refractivity contribution in [3.8, 4) is 0 Å². The Hall–Kier alpha value is -1.25. The van der Waals surface area contributed by atoms with Crippen molar-refractivity contribution in [3.05, 3.63) is 23.8 Å². The minimum atomic E-state index is -1.24. The lowest BCUT2D eigenvalue weighted by molar-refractivity contribution is -0.300. The van der Waals surface area contributed by atoms with Crippen molar-refractivity contribution in [3.63, 3.8) is 0 Å². The van der Waals surface area contributed by atoms with E-state index in [-0.39, 0.29) is 18.1 Å². The summed E-state index contributed by atoms with van der Waals surface area (Å²) < 4.78 is 17.4. The van der Waals surface area contributed by atoms with Crippen LogP contribution in [0.1, 0.15) is 73.6 Å². The summed E-state index contributed by atoms with van der Waals surface area (Å²) in [4.78, 5) is 11.6. The molecule has 1 heterocycles. The third-order valence-electron chi connectivity index (χ3n) is 8.37. The molecule has 1 aliphatic heterocycles. The highest BCUT2D eigenvalue weighted by atomic mass is 16.7. The number of hydrogen-bond acceptors (Lipinski definition) is 7. The van der Waals surface area contributed by atoms with E-state index in [1.165, 1.54) is 12.5 Å². The molecule has 3 aliphatic rings. The van der Waals surface area contributed by atoms with Gasteiger partial charge in [0.25, 0.3) is 0 Å². The van der Waals surface area contributed by atoms with Crippen LogP contribution in [0.5, 0.6) is 0 Å². The molecular weight excluding hydrogens is 436 g/mol. The van der Waals surface area contributed by atoms with Crippen molar-refractivity contribution in [1.82, 2.24) is 0 Å². The van der Waals surface area contributed by atoms with Gasteiger partial charge in [0.2, 0.25) is 0 Å². The van der Waals surface area contributed by atoms with Gasteiger partial charge in [-0.15, -0.1) is 0 Å². The van der Waals surface area contributed by atoms with E-state index in [1.807, 2.05) is 12.2 Å². The Morgan fingerprint density at radius 1 is 1.15 bits per heavy atom. The number of esters is 1. The van der Waals surface area contributed by atoms with Crippen molar-refractivity contribution in [1.29, 1.82) is 0 Å². The molecule has 0 bridgehead atoms. The van der Waals surface area contributed by atoms with Crippen LogP contribution in [0.2, 0.25) is 0 Å². The SMILES string of the molecule is CC(=O)O[C@@H]1[C@H](O[C@@H]2CC[C@@H](C)[C@]3(C)C[C@H](/C(C)=C\C=C\C(C)(C)O)CC[C@@H]23)OC[C@@H](O)[C@H]1O. The van der Waals surface area contributed by atoms with Crippen LogP contribution in [-0.4, -0.2) is 64.2 Å². The van der Waals surface area contributed by atoms with Crippen LogP contribution in [0.15, 0.2) is 23.8 Å². The molecule has 2 aliphatic carbocycles. The maximum absolute atomic E-state index is 11.6. The maximum atomic E-state index is 11.6. The second-order valence-corrected chi connectivity index (χ2v) is 11.5. The summed E-state index contributed by atoms with van der Waals surface area (Å²) in [7, 11) is 0. The van der Waals surface area contributed by atoms with Crippen molar-refractivity contribution in [2.45, 2.75) is 110 Å². The summed E-state index contributed by atoms with van der Waals surface area (Å²) in [5.41, 5.74) is 0.598. The van der Waals surface area contributed by atoms with Crippen molar-refractivity contribution < 1.29 is 34.3 Å². The van der Waals surface area contributed by atoms with E-state index >= 15 is 0 Å². The molecule has 2 saturated carbocycles. The largest absolute Gasteiger partial charge is 0.454 e. The average molecular weight is 481 g/mol. The first-order chi connectivity index (χ1) is 15.8. The molecule has 3 rings (SSSR count). The predicted molar refractivity (Wildman–Crippen MR) is 129 cm³/mol. The summed E-state index contributed by atoms with van der Waals surface area (Å²) in [6.45, 7) is 11.6. The Kier molecular flexibility index (Phi) is 8.68. The molecule has 34 heavy (non-hydrogen) atoms. The van der Waals surface area contributed by atoms with Crippen molar-refractivity contribution >= 4 is 5.97 Å². The Balaban J connectivity index is 1.73. The Bertz CT molecular complexity index is 769. The lowest BCUT2D eigenvalue weighted by Crippen LogP contribution is -2.58. The molecule has 0 aromatic heterocycles. The van der Waals surface area contributed by atoms with Gasteiger partial charge >= 0.3 is 5.97 Å². The summed E-state index contributed by atoms with van der Waals surface area (Å²) >= 11 is 0. The highest BCUT2D eigenvalue weighted by Gasteiger charge is 2.52. The van der Waals surface area contributed by atoms with Crippen LogP contribution >= 0.6 is 0 Å². The third kappa shape index (κ3) is 6.30. The average Bonchev–Trinajstić information content (AvgIpc) is 2.74. The monoisotopic (exact) mass is 480 g/mol. The zero-order chi connectivity index (χ0) is 25.3. The highest BCUT2D eigenvalue weighted by molar-refractivity contribution is 5.66. The first-order valence-corrected chi connectivity index (χ1v) is 12.7. The van der Waals surface area contributed by atoms with Gasteiger partial charge in [-0.05, 0) is 76.0 Å². The van der Waals surface area contributed by atoms with E-state index in [1.54, 1.807) is 13.8 Å². The number of aliphatic hydroxyl groups excluding tert-OH is 2. The maximum Gasteiger partial charge on any atom is 0.303 e. The molecule has 0 aromatic carbocycles. The molecule has 1 saturated heterocycles. The van der Waals surface area contributed by atoms with E-state index in [2.05, 4.69) is 26.8 Å². The molecule has 194 valence electrons. The second-order valence-electron chi connectivity index (χ2n) is 11.5. The quantitative estimate of drug-likeness (QED) is 0.395. The molecule has 0 unspecified atom stereocenters. The summed E-state index contributed by atoms with van der Waals surface area (Å²) in [6, 6.07) is 0. The molecular formula is C27H44O7. The van der Waals surface area contributed by atoms with Gasteiger partial charge in [0.15, 0.2) is 12.4 Å². The molecule has 9 atom stereocenters. The number of aliphatic hydroxyl groups is 3. The lowest BCUT2D eigenvalue weighted by atomic mass is 9.52. The first kappa shape index (κ1) is 27.3. The minimum absolute atomic E-state index is 0.0567. The van der Waals surface area contributed by atoms with E-state index in [4.69, 9.17) is 14.2 Å². The van der Waals surface area contributed by atoms with Crippen LogP contribution in [0.3, 0.4) is 0 Å². The molecule has 3 fully saturated rings. The van der Waals surface area contributed by atoms with Crippen LogP contribution < -0.4 is 0 Å². The topological polar surface area (TPSA) is 105 Å². The molecule has 0 amide bonds. The second kappa shape index (κ2) is 10.8. The Morgan fingerprint density at radius 2 is 1.85 bits per heavy atom. The van der Waals surface area contributed by atoms with Gasteiger partial charge in [0, 0.05) is 6.92 Å². The third-order valence-corrected chi connectivity index (χ3v) is 8.37. The van der Waals surface area contributed by atoms with Crippen LogP contribution in [0, 0.1) is 23.2 Å². The summed E-state index contributed by atoms with van der Waals surface area (Å²) in [5.74, 6) is 0.811. The molecule has 0 radical (unpaired) electrons. The number of rotatable bonds is 6. The number of fused-ring (bicyclic) bond motifs is 1. The molecule has 0 aromatic rings. The minimum Gasteiger partial charge on any atom is -0.454 e. The van der Waals surface area contributed by atoms with Gasteiger partial charge < -0.3 is 29.5 Å². The van der Waals surface area contributed by atoms with Crippen LogP contribution in [0.4, 0.5) is 0 Å². The zero-order valence-corrected chi connectivity index (χ0v) is 21.6. The van der Waals surface area contributed by atoms with Gasteiger partial charge in [0.1, 0.15) is 12.2 Å². The molecule has 7 nitrogen and oxygen atoms in total. The molecule has 7 heteroatoms. The Labute approximate surface area is 204 Å². The zero-order valence-electron chi connectivity index (χ0n) is 21.6. The molecule has 0 spiro atoms. The van der Waals surface area contributed by atoms with E-state index in [9.17, 15) is 20.1 Å². The highest BCUT2D eigenvalue weighted by Crippen LogP contribution is 2.56. The van der Waals surface area contributed by atoms with E-state index < -0.39 is 36.2 Å². The van der Waals surface area contributed by atoms with Crippen LogP contribution in [0.25, 0.3) is 0 Å². The normalized spacial score (nSPS) is 41.9. The Morgan fingerprint density at radius 3 is 2.50 bits per heavy atom. The van der Waals surface area contributed by atoms with Gasteiger partial charge in [-0.2, -0.15) is 0 Å². The standard InChI is InChI=1S/C27H44O7/c1-16(8-7-13-26(4,5)31)19-10-11-20-22(12-9-17(2)27(20,6)14-19)34-25-24(33-18(3)28)23(30)21(29)15-32-25/h7-8,13,17,19-25,29-31H,9-12,14-15H2,1-6H3/b13-7+,16-8-/t17-,19-,20+,21-,22-,23-,24+,25+,27+/m1/s1. The van der Waals surface area contributed by atoms with Crippen molar-refractivity contribution in [2.75, 3.05) is 6.61 Å². The number of carbonyl (C=O) groups is 1. The van der Waals surface area contributed by atoms with E-state index in [0.29, 0.717) is 17.8 Å². The first-order valence-electron chi connectivity index (χ1n) is 12.7. The van der Waals surface area contributed by atoms with Crippen LogP contribution in [-0.2, 0) is 19.0 Å². The molecule has 3 N–H and O–H groups in total. The smallest absolute Gasteiger partial charge is 0.303 e. The number of carbonyl (C=O) groups excluding carboxylic acids is 1. The fourth-order valence-electron chi connectivity index (χ4n) is 6.11. The fraction of sp³-hybridized carbons (Fsp3) is 0.815.